The molecule has 0 aromatic rings. The summed E-state index contributed by atoms with van der Waals surface area (Å²) in [5.41, 5.74) is 32.0. The molecular weight excluding hydrogens is 522 g/mol. The Morgan fingerprint density at radius 1 is 0.711 bits per heavy atom. The van der Waals surface area contributed by atoms with Crippen LogP contribution in [0, 0.1) is 0 Å². The molecule has 216 valence electrons. The predicted molar refractivity (Wildman–Crippen MR) is 144 cm³/mol. The standard InChI is InChI=1S/C20H39N11O6S/c21-10(9-38)15(33)29-11(3-1-7-27-19(23)24)16(34)30-12(4-2-8-28-20(25)26)17(35)31-13(18(36)37)5-6-14(22)32/h10-13,38H,1-9,21H2,(H2,22,32)(H,29,33)(H,30,34)(H,31,35)(H,36,37)(H4,23,24,27)(H4,25,26,28). The number of nitrogens with two attached hydrogens (primary N) is 6. The molecule has 0 radical (unpaired) electrons. The summed E-state index contributed by atoms with van der Waals surface area (Å²) in [6.45, 7) is 0.296. The Morgan fingerprint density at radius 3 is 1.50 bits per heavy atom. The van der Waals surface area contributed by atoms with E-state index in [4.69, 9.17) is 34.4 Å². The second-order valence-corrected chi connectivity index (χ2v) is 8.58. The number of carboxylic acids is 1. The molecule has 0 aromatic heterocycles. The zero-order chi connectivity index (χ0) is 29.3. The van der Waals surface area contributed by atoms with Crippen molar-refractivity contribution in [3.8, 4) is 0 Å². The van der Waals surface area contributed by atoms with Crippen LogP contribution in [0.3, 0.4) is 0 Å². The van der Waals surface area contributed by atoms with Gasteiger partial charge in [-0.05, 0) is 32.1 Å². The third kappa shape index (κ3) is 15.3. The first kappa shape index (κ1) is 34.2. The van der Waals surface area contributed by atoms with Gasteiger partial charge in [-0.25, -0.2) is 4.79 Å². The molecule has 4 unspecified atom stereocenters. The minimum absolute atomic E-state index is 0.0152. The maximum Gasteiger partial charge on any atom is 0.326 e. The molecule has 38 heavy (non-hydrogen) atoms. The quantitative estimate of drug-likeness (QED) is 0.0307. The van der Waals surface area contributed by atoms with Gasteiger partial charge >= 0.3 is 5.97 Å². The molecule has 0 bridgehead atoms. The first-order valence-corrected chi connectivity index (χ1v) is 12.3. The lowest BCUT2D eigenvalue weighted by molar-refractivity contribution is -0.142. The number of guanidine groups is 2. The van der Waals surface area contributed by atoms with Gasteiger partial charge in [-0.1, -0.05) is 0 Å². The normalized spacial score (nSPS) is 13.6. The number of aliphatic carboxylic acids is 1. The highest BCUT2D eigenvalue weighted by Crippen LogP contribution is 2.06. The fraction of sp³-hybridized carbons (Fsp3) is 0.650. The molecule has 0 aromatic carbocycles. The van der Waals surface area contributed by atoms with E-state index in [0.717, 1.165) is 0 Å². The number of carbonyl (C=O) groups excluding carboxylic acids is 4. The molecule has 0 spiro atoms. The number of carboxylic acid groups (broad SMARTS) is 1. The Balaban J connectivity index is 5.70. The monoisotopic (exact) mass is 561 g/mol. The highest BCUT2D eigenvalue weighted by molar-refractivity contribution is 7.80. The number of nitrogens with one attached hydrogen (secondary N) is 3. The summed E-state index contributed by atoms with van der Waals surface area (Å²) in [7, 11) is 0. The van der Waals surface area contributed by atoms with Crippen LogP contribution in [0.15, 0.2) is 9.98 Å². The van der Waals surface area contributed by atoms with Crippen LogP contribution < -0.4 is 50.4 Å². The molecule has 17 nitrogen and oxygen atoms in total. The minimum atomic E-state index is -1.43. The van der Waals surface area contributed by atoms with Crippen molar-refractivity contribution < 1.29 is 29.1 Å². The van der Waals surface area contributed by atoms with E-state index in [9.17, 15) is 29.1 Å². The summed E-state index contributed by atoms with van der Waals surface area (Å²) in [6, 6.07) is -4.79. The number of carbonyl (C=O) groups is 5. The second-order valence-electron chi connectivity index (χ2n) is 8.21. The van der Waals surface area contributed by atoms with Gasteiger partial charge < -0.3 is 55.5 Å². The van der Waals surface area contributed by atoms with Crippen LogP contribution in [0.5, 0.6) is 0 Å². The van der Waals surface area contributed by atoms with Gasteiger partial charge in [0.05, 0.1) is 6.04 Å². The average Bonchev–Trinajstić information content (AvgIpc) is 2.83. The largest absolute Gasteiger partial charge is 0.480 e. The Kier molecular flexibility index (Phi) is 16.6. The van der Waals surface area contributed by atoms with Gasteiger partial charge in [0.1, 0.15) is 18.1 Å². The number of hydrogen-bond acceptors (Lipinski definition) is 9. The van der Waals surface area contributed by atoms with Crippen molar-refractivity contribution in [2.75, 3.05) is 18.8 Å². The van der Waals surface area contributed by atoms with Crippen LogP contribution in [-0.4, -0.2) is 89.6 Å². The van der Waals surface area contributed by atoms with Gasteiger partial charge in [-0.3, -0.25) is 29.2 Å². The lowest BCUT2D eigenvalue weighted by Crippen LogP contribution is -2.57. The van der Waals surface area contributed by atoms with Crippen LogP contribution in [0.25, 0.3) is 0 Å². The lowest BCUT2D eigenvalue weighted by atomic mass is 10.1. The molecule has 0 heterocycles. The molecule has 0 fully saturated rings. The summed E-state index contributed by atoms with van der Waals surface area (Å²) >= 11 is 3.97. The number of rotatable bonds is 19. The molecule has 0 aliphatic heterocycles. The molecule has 0 saturated carbocycles. The summed E-state index contributed by atoms with van der Waals surface area (Å²) in [6.07, 6.45) is 0.0984. The summed E-state index contributed by atoms with van der Waals surface area (Å²) in [4.78, 5) is 68.6. The van der Waals surface area contributed by atoms with Crippen LogP contribution in [-0.2, 0) is 24.0 Å². The highest BCUT2D eigenvalue weighted by Gasteiger charge is 2.30. The van der Waals surface area contributed by atoms with E-state index >= 15 is 0 Å². The Hall–Kier alpha value is -3.80. The van der Waals surface area contributed by atoms with Gasteiger partial charge in [0.15, 0.2) is 11.9 Å². The molecule has 0 aliphatic rings. The van der Waals surface area contributed by atoms with Crippen LogP contribution in [0.2, 0.25) is 0 Å². The highest BCUT2D eigenvalue weighted by atomic mass is 32.1. The number of primary amides is 1. The molecule has 0 saturated heterocycles. The smallest absolute Gasteiger partial charge is 0.326 e. The Morgan fingerprint density at radius 2 is 1.13 bits per heavy atom. The summed E-state index contributed by atoms with van der Waals surface area (Å²) in [5.74, 6) is -4.65. The first-order valence-electron chi connectivity index (χ1n) is 11.7. The van der Waals surface area contributed by atoms with E-state index in [1.807, 2.05) is 0 Å². The third-order valence-electron chi connectivity index (χ3n) is 4.98. The van der Waals surface area contributed by atoms with E-state index in [0.29, 0.717) is 6.42 Å². The SMILES string of the molecule is NC(=O)CCC(NC(=O)C(CCCN=C(N)N)NC(=O)C(CCCN=C(N)N)NC(=O)C(N)CS)C(=O)O. The average molecular weight is 562 g/mol. The number of hydrogen-bond donors (Lipinski definition) is 11. The van der Waals surface area contributed by atoms with Crippen LogP contribution >= 0.6 is 12.6 Å². The van der Waals surface area contributed by atoms with Gasteiger partial charge in [0.25, 0.3) is 0 Å². The molecular formula is C20H39N11O6S. The zero-order valence-corrected chi connectivity index (χ0v) is 21.9. The van der Waals surface area contributed by atoms with Crippen molar-refractivity contribution in [2.24, 2.45) is 44.4 Å². The first-order chi connectivity index (χ1) is 17.8. The third-order valence-corrected chi connectivity index (χ3v) is 5.38. The van der Waals surface area contributed by atoms with Crippen molar-refractivity contribution in [2.45, 2.75) is 62.7 Å². The maximum absolute atomic E-state index is 13.1. The predicted octanol–water partition coefficient (Wildman–Crippen LogP) is -4.84. The second kappa shape index (κ2) is 18.4. The molecule has 4 atom stereocenters. The van der Waals surface area contributed by atoms with Gasteiger partial charge in [0.2, 0.25) is 23.6 Å². The van der Waals surface area contributed by atoms with Crippen molar-refractivity contribution in [3.05, 3.63) is 0 Å². The topological polar surface area (TPSA) is 323 Å². The van der Waals surface area contributed by atoms with Crippen LogP contribution in [0.1, 0.15) is 38.5 Å². The number of amides is 4. The zero-order valence-electron chi connectivity index (χ0n) is 21.0. The van der Waals surface area contributed by atoms with E-state index < -0.39 is 53.8 Å². The van der Waals surface area contributed by atoms with Crippen molar-refractivity contribution in [3.63, 3.8) is 0 Å². The molecule has 4 amide bonds. The van der Waals surface area contributed by atoms with Gasteiger partial charge in [0, 0.05) is 25.3 Å². The van der Waals surface area contributed by atoms with Gasteiger partial charge in [-0.15, -0.1) is 0 Å². The van der Waals surface area contributed by atoms with Crippen LogP contribution in [0.4, 0.5) is 0 Å². The summed E-state index contributed by atoms with van der Waals surface area (Å²) < 4.78 is 0. The maximum atomic E-state index is 13.1. The van der Waals surface area contributed by atoms with Crippen molar-refractivity contribution in [1.82, 2.24) is 16.0 Å². The number of aliphatic imine (C=N–C) groups is 2. The fourth-order valence-electron chi connectivity index (χ4n) is 3.00. The Bertz CT molecular complexity index is 878. The van der Waals surface area contributed by atoms with Crippen molar-refractivity contribution >= 4 is 54.1 Å². The number of thiol groups is 1. The number of nitrogens with zero attached hydrogens (tertiary/aromatic N) is 2. The molecule has 18 heteroatoms. The minimum Gasteiger partial charge on any atom is -0.480 e. The molecule has 16 N–H and O–H groups in total. The lowest BCUT2D eigenvalue weighted by Gasteiger charge is -2.25. The van der Waals surface area contributed by atoms with E-state index in [1.165, 1.54) is 0 Å². The molecule has 0 aliphatic carbocycles. The van der Waals surface area contributed by atoms with E-state index in [-0.39, 0.29) is 62.9 Å². The van der Waals surface area contributed by atoms with E-state index in [2.05, 4.69) is 38.6 Å². The Labute approximate surface area is 225 Å². The van der Waals surface area contributed by atoms with Gasteiger partial charge in [-0.2, -0.15) is 12.6 Å². The fourth-order valence-corrected chi connectivity index (χ4v) is 3.16. The summed E-state index contributed by atoms with van der Waals surface area (Å²) in [5, 5.41) is 16.7. The van der Waals surface area contributed by atoms with E-state index in [1.54, 1.807) is 0 Å². The molecule has 0 rings (SSSR count). The van der Waals surface area contributed by atoms with Crippen molar-refractivity contribution in [1.29, 1.82) is 0 Å².